The molecule has 0 fully saturated rings. The average Bonchev–Trinajstić information content (AvgIpc) is 3.07. The van der Waals surface area contributed by atoms with E-state index in [1.807, 2.05) is 55.5 Å². The lowest BCUT2D eigenvalue weighted by atomic mass is 10.1. The molecular formula is C24H25N3OS. The highest BCUT2D eigenvalue weighted by molar-refractivity contribution is 8.00. The Morgan fingerprint density at radius 2 is 1.79 bits per heavy atom. The fraction of sp³-hybridized carbons (Fsp3) is 0.208. The Kier molecular flexibility index (Phi) is 5.76. The van der Waals surface area contributed by atoms with Gasteiger partial charge in [0.05, 0.1) is 0 Å². The van der Waals surface area contributed by atoms with Crippen LogP contribution in [0.3, 0.4) is 0 Å². The number of rotatable bonds is 7. The van der Waals surface area contributed by atoms with E-state index in [0.29, 0.717) is 5.69 Å². The Bertz CT molecular complexity index is 1170. The van der Waals surface area contributed by atoms with Crippen LogP contribution in [0.2, 0.25) is 0 Å². The first kappa shape index (κ1) is 19.4. The maximum Gasteiger partial charge on any atom is 0.272 e. The van der Waals surface area contributed by atoms with Crippen LogP contribution >= 0.6 is 11.9 Å². The molecule has 1 amide bonds. The van der Waals surface area contributed by atoms with Crippen LogP contribution in [-0.4, -0.2) is 16.6 Å². The highest BCUT2D eigenvalue weighted by Gasteiger charge is 2.15. The van der Waals surface area contributed by atoms with Gasteiger partial charge in [-0.1, -0.05) is 55.6 Å². The summed E-state index contributed by atoms with van der Waals surface area (Å²) >= 11 is 1.72. The predicted octanol–water partition coefficient (Wildman–Crippen LogP) is 6.74. The molecule has 0 radical (unpaired) electrons. The smallest absolute Gasteiger partial charge is 0.272 e. The fourth-order valence-electron chi connectivity index (χ4n) is 3.43. The number of nitrogens with one attached hydrogen (secondary N) is 3. The summed E-state index contributed by atoms with van der Waals surface area (Å²) < 4.78 is 3.40. The minimum absolute atomic E-state index is 0.124. The monoisotopic (exact) mass is 403 g/mol. The molecule has 0 unspecified atom stereocenters. The Hall–Kier alpha value is -2.92. The summed E-state index contributed by atoms with van der Waals surface area (Å²) in [5, 5.41) is 6.35. The standard InChI is InChI=1S/C24H25N3OS/c1-3-4-13-29-27-20-11-12-22-21(15-20)16(2)23(26-22)24(28)25-19-10-9-17-7-5-6-8-18(17)14-19/h5-12,14-15,26-27H,3-4,13H2,1-2H3,(H,25,28). The summed E-state index contributed by atoms with van der Waals surface area (Å²) in [6.07, 6.45) is 2.39. The number of aromatic amines is 1. The number of amides is 1. The van der Waals surface area contributed by atoms with Crippen LogP contribution in [0.1, 0.15) is 35.8 Å². The number of carbonyl (C=O) groups excluding carboxylic acids is 1. The van der Waals surface area contributed by atoms with Crippen LogP contribution in [-0.2, 0) is 0 Å². The SMILES string of the molecule is CCCCSNc1ccc2[nH]c(C(=O)Nc3ccc4ccccc4c3)c(C)c2c1. The molecule has 1 aromatic heterocycles. The molecule has 148 valence electrons. The highest BCUT2D eigenvalue weighted by atomic mass is 32.2. The maximum absolute atomic E-state index is 12.9. The molecule has 0 bridgehead atoms. The highest BCUT2D eigenvalue weighted by Crippen LogP contribution is 2.27. The second kappa shape index (κ2) is 8.62. The molecule has 0 aliphatic carbocycles. The van der Waals surface area contributed by atoms with Gasteiger partial charge in [0.25, 0.3) is 5.91 Å². The van der Waals surface area contributed by atoms with Gasteiger partial charge in [0, 0.05) is 28.0 Å². The average molecular weight is 404 g/mol. The van der Waals surface area contributed by atoms with E-state index in [0.717, 1.165) is 44.4 Å². The van der Waals surface area contributed by atoms with E-state index < -0.39 is 0 Å². The van der Waals surface area contributed by atoms with E-state index in [1.54, 1.807) is 11.9 Å². The molecular weight excluding hydrogens is 378 g/mol. The Morgan fingerprint density at radius 3 is 2.62 bits per heavy atom. The van der Waals surface area contributed by atoms with E-state index in [9.17, 15) is 4.79 Å². The van der Waals surface area contributed by atoms with E-state index >= 15 is 0 Å². The first-order valence-corrected chi connectivity index (χ1v) is 10.9. The van der Waals surface area contributed by atoms with Crippen LogP contribution in [0.4, 0.5) is 11.4 Å². The number of anilines is 2. The molecule has 4 nitrogen and oxygen atoms in total. The zero-order chi connectivity index (χ0) is 20.2. The summed E-state index contributed by atoms with van der Waals surface area (Å²) in [6.45, 7) is 4.18. The second-order valence-corrected chi connectivity index (χ2v) is 8.11. The number of aromatic nitrogens is 1. The van der Waals surface area contributed by atoms with Crippen molar-refractivity contribution in [3.05, 3.63) is 71.9 Å². The fourth-order valence-corrected chi connectivity index (χ4v) is 4.26. The van der Waals surface area contributed by atoms with Crippen LogP contribution in [0.15, 0.2) is 60.7 Å². The molecule has 4 rings (SSSR count). The molecule has 0 spiro atoms. The number of unbranched alkanes of at least 4 members (excludes halogenated alkanes) is 1. The Balaban J connectivity index is 1.54. The molecule has 1 heterocycles. The first-order chi connectivity index (χ1) is 14.2. The van der Waals surface area contributed by atoms with Gasteiger partial charge in [0.15, 0.2) is 0 Å². The van der Waals surface area contributed by atoms with Crippen LogP contribution in [0, 0.1) is 6.92 Å². The van der Waals surface area contributed by atoms with Gasteiger partial charge in [0.2, 0.25) is 0 Å². The number of carbonyl (C=O) groups is 1. The molecule has 0 atom stereocenters. The molecule has 4 aromatic rings. The number of H-pyrrole nitrogens is 1. The summed E-state index contributed by atoms with van der Waals surface area (Å²) in [5.41, 5.74) is 4.38. The van der Waals surface area contributed by atoms with Gasteiger partial charge in [-0.05, 0) is 60.0 Å². The van der Waals surface area contributed by atoms with Crippen molar-refractivity contribution in [3.63, 3.8) is 0 Å². The number of fused-ring (bicyclic) bond motifs is 2. The van der Waals surface area contributed by atoms with Crippen molar-refractivity contribution in [1.82, 2.24) is 4.98 Å². The second-order valence-electron chi connectivity index (χ2n) is 7.21. The van der Waals surface area contributed by atoms with Crippen molar-refractivity contribution in [2.75, 3.05) is 15.8 Å². The maximum atomic E-state index is 12.9. The van der Waals surface area contributed by atoms with Crippen LogP contribution in [0.25, 0.3) is 21.7 Å². The molecule has 3 N–H and O–H groups in total. The number of aryl methyl sites for hydroxylation is 1. The molecule has 5 heteroatoms. The normalized spacial score (nSPS) is 11.1. The largest absolute Gasteiger partial charge is 0.350 e. The molecule has 0 saturated carbocycles. The van der Waals surface area contributed by atoms with Crippen LogP contribution < -0.4 is 10.0 Å². The van der Waals surface area contributed by atoms with Crippen molar-refractivity contribution < 1.29 is 4.79 Å². The molecule has 0 aliphatic rings. The Morgan fingerprint density at radius 1 is 1.00 bits per heavy atom. The van der Waals surface area contributed by atoms with E-state index in [1.165, 1.54) is 12.8 Å². The van der Waals surface area contributed by atoms with E-state index in [-0.39, 0.29) is 5.91 Å². The molecule has 0 aliphatic heterocycles. The van der Waals surface area contributed by atoms with Crippen molar-refractivity contribution in [3.8, 4) is 0 Å². The minimum Gasteiger partial charge on any atom is -0.350 e. The number of hydrogen-bond donors (Lipinski definition) is 3. The van der Waals surface area contributed by atoms with Crippen molar-refractivity contribution >= 4 is 50.9 Å². The number of benzene rings is 3. The van der Waals surface area contributed by atoms with Crippen molar-refractivity contribution in [2.24, 2.45) is 0 Å². The third-order valence-corrected chi connectivity index (χ3v) is 5.96. The summed E-state index contributed by atoms with van der Waals surface area (Å²) in [4.78, 5) is 16.2. The lowest BCUT2D eigenvalue weighted by Crippen LogP contribution is -2.13. The van der Waals surface area contributed by atoms with Gasteiger partial charge in [-0.25, -0.2) is 0 Å². The first-order valence-electron chi connectivity index (χ1n) is 9.96. The van der Waals surface area contributed by atoms with Crippen LogP contribution in [0.5, 0.6) is 0 Å². The quantitative estimate of drug-likeness (QED) is 0.236. The summed E-state index contributed by atoms with van der Waals surface area (Å²) in [6, 6.07) is 20.3. The molecule has 0 saturated heterocycles. The van der Waals surface area contributed by atoms with Gasteiger partial charge in [-0.2, -0.15) is 0 Å². The van der Waals surface area contributed by atoms with E-state index in [4.69, 9.17) is 0 Å². The van der Waals surface area contributed by atoms with Crippen molar-refractivity contribution in [2.45, 2.75) is 26.7 Å². The van der Waals surface area contributed by atoms with Gasteiger partial charge in [-0.15, -0.1) is 0 Å². The lowest BCUT2D eigenvalue weighted by molar-refractivity contribution is 0.102. The number of hydrogen-bond acceptors (Lipinski definition) is 3. The topological polar surface area (TPSA) is 56.9 Å². The summed E-state index contributed by atoms with van der Waals surface area (Å²) in [5.74, 6) is 0.959. The Labute approximate surface area is 175 Å². The third kappa shape index (κ3) is 4.25. The lowest BCUT2D eigenvalue weighted by Gasteiger charge is -2.06. The van der Waals surface area contributed by atoms with Crippen molar-refractivity contribution in [1.29, 1.82) is 0 Å². The van der Waals surface area contributed by atoms with Gasteiger partial charge in [0.1, 0.15) is 5.69 Å². The molecule has 29 heavy (non-hydrogen) atoms. The van der Waals surface area contributed by atoms with Gasteiger partial charge >= 0.3 is 0 Å². The zero-order valence-corrected chi connectivity index (χ0v) is 17.5. The van der Waals surface area contributed by atoms with Gasteiger partial charge < -0.3 is 15.0 Å². The zero-order valence-electron chi connectivity index (χ0n) is 16.7. The minimum atomic E-state index is -0.124. The third-order valence-electron chi connectivity index (χ3n) is 5.08. The van der Waals surface area contributed by atoms with E-state index in [2.05, 4.69) is 34.1 Å². The summed E-state index contributed by atoms with van der Waals surface area (Å²) in [7, 11) is 0. The predicted molar refractivity (Wildman–Crippen MR) is 126 cm³/mol. The van der Waals surface area contributed by atoms with Gasteiger partial charge in [-0.3, -0.25) is 4.79 Å². The molecule has 3 aromatic carbocycles.